The van der Waals surface area contributed by atoms with Gasteiger partial charge in [-0.3, -0.25) is 4.98 Å². The predicted octanol–water partition coefficient (Wildman–Crippen LogP) is 8.79. The van der Waals surface area contributed by atoms with Crippen LogP contribution < -0.4 is 0 Å². The van der Waals surface area contributed by atoms with E-state index in [0.29, 0.717) is 0 Å². The van der Waals surface area contributed by atoms with Gasteiger partial charge in [0.15, 0.2) is 0 Å². The van der Waals surface area contributed by atoms with Gasteiger partial charge < -0.3 is 4.57 Å². The molecule has 0 saturated carbocycles. The van der Waals surface area contributed by atoms with E-state index in [1.165, 1.54) is 66.3 Å². The zero-order valence-electron chi connectivity index (χ0n) is 21.6. The fraction of sp³-hybridized carbons (Fsp3) is 0.171. The Morgan fingerprint density at radius 2 is 1.14 bits per heavy atom. The molecule has 4 aromatic carbocycles. The Balaban J connectivity index is 1.73. The van der Waals surface area contributed by atoms with Gasteiger partial charge in [0.05, 0.1) is 11.0 Å². The van der Waals surface area contributed by atoms with E-state index in [-0.39, 0.29) is 10.8 Å². The van der Waals surface area contributed by atoms with Crippen molar-refractivity contribution < 1.29 is 0 Å². The number of fused-ring (bicyclic) bond motifs is 12. The molecule has 0 fully saturated rings. The first-order chi connectivity index (χ1) is 17.9. The first-order valence-electron chi connectivity index (χ1n) is 13.2. The lowest BCUT2D eigenvalue weighted by Crippen LogP contribution is -2.19. The standard InChI is InChI=1S/C35H28N2/c1-34(2)25-14-8-5-11-22(25)28-29-23-12-6-9-15-26(23)35(3,4)32(29)33-30(31(28)34)24-13-7-10-16-27(24)37(33)21-17-19-36-20-18-21/h5-20H,1-4H3. The third kappa shape index (κ3) is 2.39. The van der Waals surface area contributed by atoms with Crippen LogP contribution in [0.3, 0.4) is 0 Å². The number of benzene rings is 4. The third-order valence-electron chi connectivity index (χ3n) is 9.02. The monoisotopic (exact) mass is 476 g/mol. The van der Waals surface area contributed by atoms with E-state index in [2.05, 4.69) is 122 Å². The molecule has 0 atom stereocenters. The summed E-state index contributed by atoms with van der Waals surface area (Å²) in [7, 11) is 0. The van der Waals surface area contributed by atoms with Crippen molar-refractivity contribution in [2.24, 2.45) is 0 Å². The Morgan fingerprint density at radius 1 is 0.595 bits per heavy atom. The molecule has 2 aliphatic rings. The summed E-state index contributed by atoms with van der Waals surface area (Å²) in [5.41, 5.74) is 14.8. The van der Waals surface area contributed by atoms with Gasteiger partial charge in [-0.15, -0.1) is 0 Å². The maximum atomic E-state index is 4.34. The number of rotatable bonds is 1. The maximum Gasteiger partial charge on any atom is 0.0591 e. The molecule has 37 heavy (non-hydrogen) atoms. The summed E-state index contributed by atoms with van der Waals surface area (Å²) in [5, 5.41) is 2.71. The Morgan fingerprint density at radius 3 is 1.81 bits per heavy atom. The molecule has 0 N–H and O–H groups in total. The summed E-state index contributed by atoms with van der Waals surface area (Å²) < 4.78 is 2.50. The van der Waals surface area contributed by atoms with E-state index in [4.69, 9.17) is 0 Å². The number of hydrogen-bond acceptors (Lipinski definition) is 1. The zero-order valence-corrected chi connectivity index (χ0v) is 21.6. The fourth-order valence-electron chi connectivity index (χ4n) is 7.52. The average Bonchev–Trinajstić information content (AvgIpc) is 3.46. The first kappa shape index (κ1) is 21.0. The van der Waals surface area contributed by atoms with Crippen molar-refractivity contribution >= 4 is 21.8 Å². The normalized spacial score (nSPS) is 16.0. The summed E-state index contributed by atoms with van der Waals surface area (Å²) in [5.74, 6) is 0. The zero-order chi connectivity index (χ0) is 25.1. The summed E-state index contributed by atoms with van der Waals surface area (Å²) in [6.07, 6.45) is 3.81. The molecule has 2 nitrogen and oxygen atoms in total. The van der Waals surface area contributed by atoms with Gasteiger partial charge in [0.25, 0.3) is 0 Å². The van der Waals surface area contributed by atoms with Crippen LogP contribution in [0.4, 0.5) is 0 Å². The molecule has 0 unspecified atom stereocenters. The summed E-state index contributed by atoms with van der Waals surface area (Å²) in [6.45, 7) is 9.64. The largest absolute Gasteiger partial charge is 0.309 e. The number of aromatic nitrogens is 2. The van der Waals surface area contributed by atoms with Crippen LogP contribution in [-0.2, 0) is 10.8 Å². The Bertz CT molecular complexity index is 1920. The number of pyridine rings is 1. The smallest absolute Gasteiger partial charge is 0.0591 e. The Labute approximate surface area is 217 Å². The molecule has 0 bridgehead atoms. The maximum absolute atomic E-state index is 4.34. The molecule has 0 radical (unpaired) electrons. The van der Waals surface area contributed by atoms with E-state index >= 15 is 0 Å². The van der Waals surface area contributed by atoms with Crippen LogP contribution in [0.25, 0.3) is 49.7 Å². The minimum absolute atomic E-state index is 0.117. The highest BCUT2D eigenvalue weighted by Gasteiger charge is 2.47. The average molecular weight is 477 g/mol. The number of hydrogen-bond donors (Lipinski definition) is 0. The number of para-hydroxylation sites is 1. The molecular formula is C35H28N2. The quantitative estimate of drug-likeness (QED) is 0.232. The van der Waals surface area contributed by atoms with Crippen molar-refractivity contribution in [1.29, 1.82) is 0 Å². The van der Waals surface area contributed by atoms with Gasteiger partial charge in [0.2, 0.25) is 0 Å². The van der Waals surface area contributed by atoms with E-state index < -0.39 is 0 Å². The van der Waals surface area contributed by atoms with Crippen molar-refractivity contribution in [1.82, 2.24) is 9.55 Å². The van der Waals surface area contributed by atoms with Gasteiger partial charge in [-0.2, -0.15) is 0 Å². The lowest BCUT2D eigenvalue weighted by molar-refractivity contribution is 0.658. The van der Waals surface area contributed by atoms with E-state index in [1.54, 1.807) is 0 Å². The molecule has 178 valence electrons. The molecule has 2 aromatic heterocycles. The summed E-state index contributed by atoms with van der Waals surface area (Å²) >= 11 is 0. The molecule has 0 spiro atoms. The van der Waals surface area contributed by atoms with E-state index in [0.717, 1.165) is 5.69 Å². The highest BCUT2D eigenvalue weighted by molar-refractivity contribution is 6.20. The van der Waals surface area contributed by atoms with Crippen LogP contribution in [0.15, 0.2) is 97.3 Å². The van der Waals surface area contributed by atoms with Gasteiger partial charge in [-0.1, -0.05) is 94.4 Å². The second-order valence-corrected chi connectivity index (χ2v) is 11.6. The van der Waals surface area contributed by atoms with Crippen molar-refractivity contribution in [3.8, 4) is 27.9 Å². The summed E-state index contributed by atoms with van der Waals surface area (Å²) in [4.78, 5) is 4.34. The topological polar surface area (TPSA) is 17.8 Å². The molecule has 0 amide bonds. The number of nitrogens with zero attached hydrogens (tertiary/aromatic N) is 2. The lowest BCUT2D eigenvalue weighted by Gasteiger charge is -2.27. The Hall–Kier alpha value is -4.17. The Kier molecular flexibility index (Phi) is 3.84. The minimum Gasteiger partial charge on any atom is -0.309 e. The SMILES string of the molecule is CC1(C)c2ccccc2-c2c3c(c4c(c21)c1ccccc1n4-c1ccncc1)C(C)(C)c1ccccc1-3. The van der Waals surface area contributed by atoms with Crippen molar-refractivity contribution in [3.05, 3.63) is 120 Å². The van der Waals surface area contributed by atoms with Gasteiger partial charge >= 0.3 is 0 Å². The third-order valence-corrected chi connectivity index (χ3v) is 9.02. The summed E-state index contributed by atoms with van der Waals surface area (Å²) in [6, 6.07) is 31.4. The fourth-order valence-corrected chi connectivity index (χ4v) is 7.52. The van der Waals surface area contributed by atoms with Crippen LogP contribution in [-0.4, -0.2) is 9.55 Å². The molecule has 2 heteroatoms. The molecule has 6 aromatic rings. The van der Waals surface area contributed by atoms with Gasteiger partial charge in [0.1, 0.15) is 0 Å². The van der Waals surface area contributed by atoms with Crippen molar-refractivity contribution in [3.63, 3.8) is 0 Å². The van der Waals surface area contributed by atoms with E-state index in [9.17, 15) is 0 Å². The second kappa shape index (κ2) is 6.77. The molecule has 2 aliphatic carbocycles. The first-order valence-corrected chi connectivity index (χ1v) is 13.2. The van der Waals surface area contributed by atoms with Crippen LogP contribution in [0.1, 0.15) is 49.9 Å². The van der Waals surface area contributed by atoms with Gasteiger partial charge in [-0.05, 0) is 62.7 Å². The highest BCUT2D eigenvalue weighted by atomic mass is 15.0. The molecule has 0 saturated heterocycles. The second-order valence-electron chi connectivity index (χ2n) is 11.6. The molecule has 2 heterocycles. The molecule has 8 rings (SSSR count). The van der Waals surface area contributed by atoms with Crippen LogP contribution in [0.2, 0.25) is 0 Å². The van der Waals surface area contributed by atoms with E-state index in [1.807, 2.05) is 12.4 Å². The van der Waals surface area contributed by atoms with Crippen molar-refractivity contribution in [2.45, 2.75) is 38.5 Å². The molecule has 0 aliphatic heterocycles. The highest BCUT2D eigenvalue weighted by Crippen LogP contribution is 2.63. The van der Waals surface area contributed by atoms with Crippen LogP contribution >= 0.6 is 0 Å². The van der Waals surface area contributed by atoms with Crippen LogP contribution in [0.5, 0.6) is 0 Å². The molecular weight excluding hydrogens is 448 g/mol. The van der Waals surface area contributed by atoms with Crippen molar-refractivity contribution in [2.75, 3.05) is 0 Å². The predicted molar refractivity (Wildman–Crippen MR) is 154 cm³/mol. The van der Waals surface area contributed by atoms with Gasteiger partial charge in [-0.25, -0.2) is 0 Å². The minimum atomic E-state index is -0.139. The van der Waals surface area contributed by atoms with Crippen LogP contribution in [0, 0.1) is 0 Å². The lowest BCUT2D eigenvalue weighted by atomic mass is 9.76. The van der Waals surface area contributed by atoms with Gasteiger partial charge in [0, 0.05) is 39.7 Å².